The topological polar surface area (TPSA) is 34.4 Å². The van der Waals surface area contributed by atoms with Crippen LogP contribution in [0.3, 0.4) is 0 Å². The minimum absolute atomic E-state index is 0.0821. The van der Waals surface area contributed by atoms with E-state index in [9.17, 15) is 4.79 Å². The molecule has 0 N–H and O–H groups in total. The number of Topliss-reactive ketones (excluding diaryl/α,β-unsaturated/α-hetero) is 1. The van der Waals surface area contributed by atoms with Gasteiger partial charge in [0.25, 0.3) is 0 Å². The SMILES string of the molecule is CC(=O)c1ccn2nccc2c1. The Morgan fingerprint density at radius 3 is 3.08 bits per heavy atom. The van der Waals surface area contributed by atoms with Gasteiger partial charge in [0, 0.05) is 18.0 Å². The van der Waals surface area contributed by atoms with Crippen molar-refractivity contribution >= 4 is 11.3 Å². The van der Waals surface area contributed by atoms with Gasteiger partial charge in [0.05, 0.1) is 5.52 Å². The minimum Gasteiger partial charge on any atom is -0.295 e. The summed E-state index contributed by atoms with van der Waals surface area (Å²) >= 11 is 0. The Balaban J connectivity index is 2.68. The van der Waals surface area contributed by atoms with Crippen LogP contribution < -0.4 is 0 Å². The quantitative estimate of drug-likeness (QED) is 0.593. The van der Waals surface area contributed by atoms with Crippen molar-refractivity contribution in [3.63, 3.8) is 0 Å². The Kier molecular flexibility index (Phi) is 1.43. The van der Waals surface area contributed by atoms with Crippen molar-refractivity contribution in [3.05, 3.63) is 36.2 Å². The van der Waals surface area contributed by atoms with Gasteiger partial charge in [-0.15, -0.1) is 0 Å². The molecule has 0 aliphatic rings. The van der Waals surface area contributed by atoms with Crippen LogP contribution in [0.5, 0.6) is 0 Å². The Hall–Kier alpha value is -1.64. The molecule has 0 radical (unpaired) electrons. The van der Waals surface area contributed by atoms with Gasteiger partial charge in [-0.3, -0.25) is 4.79 Å². The van der Waals surface area contributed by atoms with Crippen LogP contribution in [-0.2, 0) is 0 Å². The molecule has 60 valence electrons. The van der Waals surface area contributed by atoms with E-state index in [1.807, 2.05) is 12.1 Å². The Morgan fingerprint density at radius 2 is 2.33 bits per heavy atom. The van der Waals surface area contributed by atoms with E-state index in [-0.39, 0.29) is 5.78 Å². The molecule has 0 fully saturated rings. The first kappa shape index (κ1) is 7.03. The minimum atomic E-state index is 0.0821. The first-order chi connectivity index (χ1) is 5.77. The maximum Gasteiger partial charge on any atom is 0.159 e. The molecule has 0 aromatic carbocycles. The number of pyridine rings is 1. The summed E-state index contributed by atoms with van der Waals surface area (Å²) in [7, 11) is 0. The molecule has 2 heterocycles. The number of ketones is 1. The zero-order valence-corrected chi connectivity index (χ0v) is 6.69. The van der Waals surface area contributed by atoms with Gasteiger partial charge in [-0.25, -0.2) is 4.52 Å². The van der Waals surface area contributed by atoms with Crippen LogP contribution in [0.15, 0.2) is 30.6 Å². The lowest BCUT2D eigenvalue weighted by atomic mass is 10.2. The van der Waals surface area contributed by atoms with Gasteiger partial charge in [-0.05, 0) is 25.1 Å². The molecule has 3 heteroatoms. The standard InChI is InChI=1S/C9H8N2O/c1-7(12)8-3-5-11-9(6-8)2-4-10-11/h2-6H,1H3. The van der Waals surface area contributed by atoms with Crippen molar-refractivity contribution in [2.45, 2.75) is 6.92 Å². The molecule has 0 spiro atoms. The average molecular weight is 160 g/mol. The number of hydrogen-bond acceptors (Lipinski definition) is 2. The van der Waals surface area contributed by atoms with Gasteiger partial charge in [0.2, 0.25) is 0 Å². The number of hydrogen-bond donors (Lipinski definition) is 0. The highest BCUT2D eigenvalue weighted by atomic mass is 16.1. The fourth-order valence-electron chi connectivity index (χ4n) is 1.14. The highest BCUT2D eigenvalue weighted by molar-refractivity contribution is 5.95. The number of rotatable bonds is 1. The summed E-state index contributed by atoms with van der Waals surface area (Å²) in [6, 6.07) is 5.46. The largest absolute Gasteiger partial charge is 0.295 e. The number of carbonyl (C=O) groups excluding carboxylic acids is 1. The van der Waals surface area contributed by atoms with Crippen molar-refractivity contribution in [2.24, 2.45) is 0 Å². The normalized spacial score (nSPS) is 10.4. The van der Waals surface area contributed by atoms with Gasteiger partial charge in [0.15, 0.2) is 5.78 Å². The summed E-state index contributed by atoms with van der Waals surface area (Å²) in [5.41, 5.74) is 1.67. The summed E-state index contributed by atoms with van der Waals surface area (Å²) < 4.78 is 1.73. The van der Waals surface area contributed by atoms with E-state index in [4.69, 9.17) is 0 Å². The van der Waals surface area contributed by atoms with Crippen LogP contribution in [0.25, 0.3) is 5.52 Å². The van der Waals surface area contributed by atoms with E-state index in [1.165, 1.54) is 0 Å². The highest BCUT2D eigenvalue weighted by Crippen LogP contribution is 2.06. The summed E-state index contributed by atoms with van der Waals surface area (Å²) in [6.45, 7) is 1.56. The second-order valence-corrected chi connectivity index (χ2v) is 2.67. The maximum absolute atomic E-state index is 11.0. The predicted molar refractivity (Wildman–Crippen MR) is 45.2 cm³/mol. The zero-order valence-electron chi connectivity index (χ0n) is 6.69. The van der Waals surface area contributed by atoms with Crippen molar-refractivity contribution in [1.82, 2.24) is 9.61 Å². The number of aromatic nitrogens is 2. The van der Waals surface area contributed by atoms with Crippen LogP contribution in [-0.4, -0.2) is 15.4 Å². The van der Waals surface area contributed by atoms with E-state index < -0.39 is 0 Å². The summed E-state index contributed by atoms with van der Waals surface area (Å²) in [6.07, 6.45) is 3.49. The van der Waals surface area contributed by atoms with E-state index in [1.54, 1.807) is 29.9 Å². The van der Waals surface area contributed by atoms with Gasteiger partial charge in [0.1, 0.15) is 0 Å². The lowest BCUT2D eigenvalue weighted by molar-refractivity contribution is 0.101. The summed E-state index contributed by atoms with van der Waals surface area (Å²) in [5, 5.41) is 4.02. The van der Waals surface area contributed by atoms with E-state index in [2.05, 4.69) is 5.10 Å². The number of nitrogens with zero attached hydrogens (tertiary/aromatic N) is 2. The van der Waals surface area contributed by atoms with Crippen LogP contribution >= 0.6 is 0 Å². The maximum atomic E-state index is 11.0. The molecule has 2 aromatic rings. The Labute approximate surface area is 69.6 Å². The lowest BCUT2D eigenvalue weighted by Gasteiger charge is -1.95. The van der Waals surface area contributed by atoms with E-state index >= 15 is 0 Å². The summed E-state index contributed by atoms with van der Waals surface area (Å²) in [4.78, 5) is 11.0. The Bertz CT molecular complexity index is 431. The fraction of sp³-hybridized carbons (Fsp3) is 0.111. The smallest absolute Gasteiger partial charge is 0.159 e. The van der Waals surface area contributed by atoms with Crippen molar-refractivity contribution in [2.75, 3.05) is 0 Å². The predicted octanol–water partition coefficient (Wildman–Crippen LogP) is 1.54. The molecule has 0 saturated carbocycles. The average Bonchev–Trinajstić information content (AvgIpc) is 2.49. The third kappa shape index (κ3) is 0.993. The van der Waals surface area contributed by atoms with Gasteiger partial charge >= 0.3 is 0 Å². The zero-order chi connectivity index (χ0) is 8.55. The molecule has 2 rings (SSSR count). The highest BCUT2D eigenvalue weighted by Gasteiger charge is 1.99. The van der Waals surface area contributed by atoms with Gasteiger partial charge in [-0.2, -0.15) is 5.10 Å². The Morgan fingerprint density at radius 1 is 1.50 bits per heavy atom. The first-order valence-electron chi connectivity index (χ1n) is 3.72. The molecule has 0 unspecified atom stereocenters. The third-order valence-electron chi connectivity index (χ3n) is 1.81. The van der Waals surface area contributed by atoms with Crippen molar-refractivity contribution in [3.8, 4) is 0 Å². The van der Waals surface area contributed by atoms with E-state index in [0.717, 1.165) is 11.1 Å². The van der Waals surface area contributed by atoms with Crippen LogP contribution in [0, 0.1) is 0 Å². The molecule has 2 aromatic heterocycles. The van der Waals surface area contributed by atoms with Crippen molar-refractivity contribution in [1.29, 1.82) is 0 Å². The summed E-state index contributed by atoms with van der Waals surface area (Å²) in [5.74, 6) is 0.0821. The fourth-order valence-corrected chi connectivity index (χ4v) is 1.14. The first-order valence-corrected chi connectivity index (χ1v) is 3.72. The monoisotopic (exact) mass is 160 g/mol. The molecule has 0 saturated heterocycles. The second kappa shape index (κ2) is 2.44. The van der Waals surface area contributed by atoms with Gasteiger partial charge < -0.3 is 0 Å². The van der Waals surface area contributed by atoms with Gasteiger partial charge in [-0.1, -0.05) is 0 Å². The molecule has 0 aliphatic carbocycles. The van der Waals surface area contributed by atoms with Crippen LogP contribution in [0.1, 0.15) is 17.3 Å². The lowest BCUT2D eigenvalue weighted by Crippen LogP contribution is -1.94. The molecular formula is C9H8N2O. The van der Waals surface area contributed by atoms with Crippen molar-refractivity contribution < 1.29 is 4.79 Å². The number of fused-ring (bicyclic) bond motifs is 1. The van der Waals surface area contributed by atoms with E-state index in [0.29, 0.717) is 0 Å². The number of carbonyl (C=O) groups is 1. The molecule has 0 atom stereocenters. The molecule has 12 heavy (non-hydrogen) atoms. The molecule has 0 amide bonds. The molecule has 3 nitrogen and oxygen atoms in total. The molecule has 0 aliphatic heterocycles. The molecular weight excluding hydrogens is 152 g/mol. The molecule has 0 bridgehead atoms. The second-order valence-electron chi connectivity index (χ2n) is 2.67. The third-order valence-corrected chi connectivity index (χ3v) is 1.81. The van der Waals surface area contributed by atoms with Crippen LogP contribution in [0.2, 0.25) is 0 Å². The van der Waals surface area contributed by atoms with Crippen LogP contribution in [0.4, 0.5) is 0 Å².